The summed E-state index contributed by atoms with van der Waals surface area (Å²) in [5.74, 6) is 0. The molecule has 0 N–H and O–H groups in total. The number of furan rings is 1. The van der Waals surface area contributed by atoms with Crippen LogP contribution in [0.3, 0.4) is 0 Å². The van der Waals surface area contributed by atoms with Gasteiger partial charge in [0.15, 0.2) is 0 Å². The minimum absolute atomic E-state index is 0.880. The summed E-state index contributed by atoms with van der Waals surface area (Å²) in [6.07, 6.45) is 0. The monoisotopic (exact) mass is 726 g/mol. The van der Waals surface area contributed by atoms with E-state index in [1.165, 1.54) is 54.2 Å². The Bertz CT molecular complexity index is 3540. The molecule has 0 bridgehead atoms. The van der Waals surface area contributed by atoms with Gasteiger partial charge in [-0.05, 0) is 92.5 Å². The fourth-order valence-electron chi connectivity index (χ4n) is 9.14. The summed E-state index contributed by atoms with van der Waals surface area (Å²) in [5, 5.41) is 12.2. The normalized spacial score (nSPS) is 11.9. The average molecular weight is 727 g/mol. The highest BCUT2D eigenvalue weighted by Gasteiger charge is 2.21. The SMILES string of the molecule is c1ccc(-c2ccccc2N(c2ccc3c(ccc4c5ccccc5ccc34)c2)c2ccc3c4ccccc4n(-c4ccc5c(c4)oc4ccccc45)c3c2)cc1. The lowest BCUT2D eigenvalue weighted by Gasteiger charge is -2.28. The third-order valence-corrected chi connectivity index (χ3v) is 11.7. The minimum Gasteiger partial charge on any atom is -0.456 e. The number of hydrogen-bond donors (Lipinski definition) is 0. The zero-order valence-corrected chi connectivity index (χ0v) is 30.9. The molecule has 0 aliphatic heterocycles. The number of fused-ring (bicyclic) bond motifs is 11. The summed E-state index contributed by atoms with van der Waals surface area (Å²) in [5.41, 5.74) is 10.7. The van der Waals surface area contributed by atoms with Crippen LogP contribution >= 0.6 is 0 Å². The molecule has 0 atom stereocenters. The van der Waals surface area contributed by atoms with Crippen molar-refractivity contribution >= 4 is 93.1 Å². The second-order valence-corrected chi connectivity index (χ2v) is 14.9. The molecule has 12 rings (SSSR count). The predicted octanol–water partition coefficient (Wildman–Crippen LogP) is 15.3. The Labute approximate surface area is 328 Å². The molecule has 0 fully saturated rings. The van der Waals surface area contributed by atoms with Gasteiger partial charge in [0.1, 0.15) is 11.2 Å². The highest BCUT2D eigenvalue weighted by atomic mass is 16.3. The maximum absolute atomic E-state index is 6.41. The van der Waals surface area contributed by atoms with Crippen molar-refractivity contribution in [2.75, 3.05) is 4.90 Å². The van der Waals surface area contributed by atoms with Gasteiger partial charge in [0, 0.05) is 50.2 Å². The second-order valence-electron chi connectivity index (χ2n) is 14.9. The molecule has 57 heavy (non-hydrogen) atoms. The number of anilines is 3. The summed E-state index contributed by atoms with van der Waals surface area (Å²) in [4.78, 5) is 2.43. The number of hydrogen-bond acceptors (Lipinski definition) is 2. The largest absolute Gasteiger partial charge is 0.456 e. The fraction of sp³-hybridized carbons (Fsp3) is 0. The lowest BCUT2D eigenvalue weighted by atomic mass is 9.96. The van der Waals surface area contributed by atoms with Gasteiger partial charge >= 0.3 is 0 Å². The summed E-state index contributed by atoms with van der Waals surface area (Å²) in [7, 11) is 0. The van der Waals surface area contributed by atoms with Gasteiger partial charge < -0.3 is 13.9 Å². The van der Waals surface area contributed by atoms with Crippen LogP contribution in [0.1, 0.15) is 0 Å². The molecule has 2 heterocycles. The molecule has 0 radical (unpaired) electrons. The first-order valence-corrected chi connectivity index (χ1v) is 19.5. The number of aromatic nitrogens is 1. The third-order valence-electron chi connectivity index (χ3n) is 11.7. The molecule has 0 amide bonds. The van der Waals surface area contributed by atoms with Gasteiger partial charge in [0.05, 0.1) is 16.7 Å². The molecule has 0 aliphatic rings. The summed E-state index contributed by atoms with van der Waals surface area (Å²) in [6, 6.07) is 74.7. The molecule has 0 saturated heterocycles. The van der Waals surface area contributed by atoms with Crippen LogP contribution in [0.15, 0.2) is 211 Å². The number of para-hydroxylation sites is 3. The first-order chi connectivity index (χ1) is 28.3. The quantitative estimate of drug-likeness (QED) is 0.165. The van der Waals surface area contributed by atoms with Crippen molar-refractivity contribution in [3.05, 3.63) is 206 Å². The van der Waals surface area contributed by atoms with E-state index in [4.69, 9.17) is 4.42 Å². The van der Waals surface area contributed by atoms with Crippen molar-refractivity contribution in [2.24, 2.45) is 0 Å². The third kappa shape index (κ3) is 4.92. The summed E-state index contributed by atoms with van der Waals surface area (Å²) >= 11 is 0. The average Bonchev–Trinajstić information content (AvgIpc) is 3.81. The zero-order valence-electron chi connectivity index (χ0n) is 30.9. The van der Waals surface area contributed by atoms with Crippen molar-refractivity contribution in [1.82, 2.24) is 4.57 Å². The summed E-state index contributed by atoms with van der Waals surface area (Å²) in [6.45, 7) is 0. The maximum atomic E-state index is 6.41. The first kappa shape index (κ1) is 31.7. The second kappa shape index (κ2) is 12.5. The number of nitrogens with zero attached hydrogens (tertiary/aromatic N) is 2. The first-order valence-electron chi connectivity index (χ1n) is 19.5. The van der Waals surface area contributed by atoms with E-state index in [0.29, 0.717) is 0 Å². The smallest absolute Gasteiger partial charge is 0.137 e. The van der Waals surface area contributed by atoms with E-state index in [9.17, 15) is 0 Å². The van der Waals surface area contributed by atoms with E-state index in [1.807, 2.05) is 12.1 Å². The molecule has 12 aromatic rings. The Kier molecular flexibility index (Phi) is 6.93. The molecule has 266 valence electrons. The molecule has 2 aromatic heterocycles. The van der Waals surface area contributed by atoms with Crippen molar-refractivity contribution < 1.29 is 4.42 Å². The Hall–Kier alpha value is -7.62. The van der Waals surface area contributed by atoms with E-state index in [1.54, 1.807) is 0 Å². The van der Waals surface area contributed by atoms with Gasteiger partial charge in [-0.3, -0.25) is 0 Å². The van der Waals surface area contributed by atoms with E-state index in [0.717, 1.165) is 55.7 Å². The van der Waals surface area contributed by atoms with Crippen LogP contribution in [-0.2, 0) is 0 Å². The highest BCUT2D eigenvalue weighted by Crippen LogP contribution is 2.45. The van der Waals surface area contributed by atoms with Crippen LogP contribution < -0.4 is 4.90 Å². The lowest BCUT2D eigenvalue weighted by Crippen LogP contribution is -2.11. The molecular formula is C54H34N2O. The van der Waals surface area contributed by atoms with E-state index < -0.39 is 0 Å². The van der Waals surface area contributed by atoms with E-state index >= 15 is 0 Å². The lowest BCUT2D eigenvalue weighted by molar-refractivity contribution is 0.668. The topological polar surface area (TPSA) is 21.3 Å². The molecule has 0 aliphatic carbocycles. The van der Waals surface area contributed by atoms with Crippen molar-refractivity contribution in [3.63, 3.8) is 0 Å². The highest BCUT2D eigenvalue weighted by molar-refractivity contribution is 6.18. The predicted molar refractivity (Wildman–Crippen MR) is 241 cm³/mol. The fourth-order valence-corrected chi connectivity index (χ4v) is 9.14. The van der Waals surface area contributed by atoms with Crippen molar-refractivity contribution in [1.29, 1.82) is 0 Å². The molecule has 0 unspecified atom stereocenters. The van der Waals surface area contributed by atoms with Crippen LogP contribution in [0.4, 0.5) is 17.1 Å². The number of benzene rings is 10. The Morgan fingerprint density at radius 3 is 1.82 bits per heavy atom. The van der Waals surface area contributed by atoms with Crippen molar-refractivity contribution in [3.8, 4) is 16.8 Å². The molecule has 0 saturated carbocycles. The Balaban J connectivity index is 1.10. The Morgan fingerprint density at radius 1 is 0.351 bits per heavy atom. The van der Waals surface area contributed by atoms with Gasteiger partial charge in [0.2, 0.25) is 0 Å². The molecule has 10 aromatic carbocycles. The van der Waals surface area contributed by atoms with Crippen LogP contribution in [0.5, 0.6) is 0 Å². The van der Waals surface area contributed by atoms with Gasteiger partial charge in [-0.25, -0.2) is 0 Å². The zero-order chi connectivity index (χ0) is 37.5. The van der Waals surface area contributed by atoms with Crippen LogP contribution in [-0.4, -0.2) is 4.57 Å². The van der Waals surface area contributed by atoms with E-state index in [-0.39, 0.29) is 0 Å². The molecular weight excluding hydrogens is 693 g/mol. The van der Waals surface area contributed by atoms with Crippen LogP contribution in [0.25, 0.3) is 92.9 Å². The van der Waals surface area contributed by atoms with Gasteiger partial charge in [-0.2, -0.15) is 0 Å². The Morgan fingerprint density at radius 2 is 0.947 bits per heavy atom. The van der Waals surface area contributed by atoms with Gasteiger partial charge in [-0.1, -0.05) is 146 Å². The molecule has 3 heteroatoms. The van der Waals surface area contributed by atoms with Crippen LogP contribution in [0, 0.1) is 0 Å². The number of rotatable bonds is 5. The van der Waals surface area contributed by atoms with Crippen molar-refractivity contribution in [2.45, 2.75) is 0 Å². The van der Waals surface area contributed by atoms with Gasteiger partial charge in [-0.15, -0.1) is 0 Å². The minimum atomic E-state index is 0.880. The van der Waals surface area contributed by atoms with Crippen LogP contribution in [0.2, 0.25) is 0 Å². The summed E-state index contributed by atoms with van der Waals surface area (Å²) < 4.78 is 8.80. The van der Waals surface area contributed by atoms with Gasteiger partial charge in [0.25, 0.3) is 0 Å². The molecule has 3 nitrogen and oxygen atoms in total. The molecule has 0 spiro atoms. The maximum Gasteiger partial charge on any atom is 0.137 e. The van der Waals surface area contributed by atoms with E-state index in [2.05, 4.69) is 204 Å². The standard InChI is InChI=1S/C54H34N2O/c1-2-12-35(13-3-1)43-16-6-9-19-50(43)55(38-24-29-42-37(32-38)23-28-44-41-15-5-4-14-36(41)22-27-45(42)44)39-25-30-47-46-17-7-10-20-51(46)56(52(47)33-39)40-26-31-49-48-18-8-11-21-53(48)57-54(49)34-40/h1-34H.